The van der Waals surface area contributed by atoms with Crippen molar-refractivity contribution in [3.05, 3.63) is 47.5 Å². The Hall–Kier alpha value is -2.15. The Balaban J connectivity index is 2.27. The Morgan fingerprint density at radius 3 is 2.80 bits per heavy atom. The third-order valence-electron chi connectivity index (χ3n) is 2.34. The first-order valence-corrected chi connectivity index (χ1v) is 6.54. The summed E-state index contributed by atoms with van der Waals surface area (Å²) in [4.78, 5) is 0. The van der Waals surface area contributed by atoms with Gasteiger partial charge in [0.2, 0.25) is 0 Å². The van der Waals surface area contributed by atoms with E-state index < -0.39 is 0 Å². The molecule has 0 saturated heterocycles. The minimum Gasteiger partial charge on any atom is -0.493 e. The van der Waals surface area contributed by atoms with Crippen LogP contribution in [0.5, 0.6) is 11.5 Å². The molecule has 6 nitrogen and oxygen atoms in total. The lowest BCUT2D eigenvalue weighted by Crippen LogP contribution is -1.98. The van der Waals surface area contributed by atoms with Crippen LogP contribution in [-0.2, 0) is 0 Å². The largest absolute Gasteiger partial charge is 0.493 e. The number of hydrogen-bond donors (Lipinski definition) is 0. The van der Waals surface area contributed by atoms with Crippen LogP contribution in [0.4, 0.5) is 0 Å². The molecule has 0 N–H and O–H groups in total. The van der Waals surface area contributed by atoms with E-state index in [1.807, 2.05) is 12.1 Å². The molecule has 1 heterocycles. The molecule has 0 bridgehead atoms. The number of ether oxygens (including phenoxy) is 2. The Morgan fingerprint density at radius 1 is 1.40 bits per heavy atom. The highest BCUT2D eigenvalue weighted by molar-refractivity contribution is 9.10. The van der Waals surface area contributed by atoms with Crippen LogP contribution in [0.3, 0.4) is 0 Å². The van der Waals surface area contributed by atoms with Gasteiger partial charge in [-0.3, -0.25) is 0 Å². The van der Waals surface area contributed by atoms with Crippen molar-refractivity contribution in [2.45, 2.75) is 0 Å². The average molecular weight is 337 g/mol. The van der Waals surface area contributed by atoms with Crippen LogP contribution in [0.15, 0.2) is 47.0 Å². The first kappa shape index (κ1) is 14.3. The number of halogens is 1. The fourth-order valence-electron chi connectivity index (χ4n) is 1.48. The van der Waals surface area contributed by atoms with Crippen molar-refractivity contribution >= 4 is 22.1 Å². The smallest absolute Gasteiger partial charge is 0.175 e. The number of rotatable bonds is 6. The van der Waals surface area contributed by atoms with Gasteiger partial charge in [-0.1, -0.05) is 12.7 Å². The van der Waals surface area contributed by atoms with Crippen molar-refractivity contribution in [2.24, 2.45) is 5.10 Å². The molecule has 104 valence electrons. The van der Waals surface area contributed by atoms with Crippen LogP contribution in [0.25, 0.3) is 0 Å². The third kappa shape index (κ3) is 3.45. The lowest BCUT2D eigenvalue weighted by Gasteiger charge is -2.12. The highest BCUT2D eigenvalue weighted by atomic mass is 79.9. The van der Waals surface area contributed by atoms with Crippen molar-refractivity contribution < 1.29 is 9.47 Å². The minimum absolute atomic E-state index is 0.406. The molecule has 0 radical (unpaired) electrons. The van der Waals surface area contributed by atoms with Gasteiger partial charge >= 0.3 is 0 Å². The fourth-order valence-corrected chi connectivity index (χ4v) is 2.06. The monoisotopic (exact) mass is 336 g/mol. The number of benzene rings is 1. The summed E-state index contributed by atoms with van der Waals surface area (Å²) in [5, 5.41) is 11.5. The fraction of sp³-hybridized carbons (Fsp3) is 0.154. The second-order valence-corrected chi connectivity index (χ2v) is 4.57. The van der Waals surface area contributed by atoms with Crippen molar-refractivity contribution in [3.63, 3.8) is 0 Å². The highest BCUT2D eigenvalue weighted by Gasteiger charge is 2.10. The molecule has 0 aliphatic rings. The maximum absolute atomic E-state index is 5.55. The van der Waals surface area contributed by atoms with Crippen LogP contribution in [0.2, 0.25) is 0 Å². The van der Waals surface area contributed by atoms with Gasteiger partial charge in [0.15, 0.2) is 11.5 Å². The maximum atomic E-state index is 5.55. The van der Waals surface area contributed by atoms with Crippen molar-refractivity contribution in [1.82, 2.24) is 14.9 Å². The zero-order valence-corrected chi connectivity index (χ0v) is 12.4. The molecule has 2 rings (SSSR count). The molecular weight excluding hydrogens is 324 g/mol. The molecule has 0 unspecified atom stereocenters. The van der Waals surface area contributed by atoms with Gasteiger partial charge in [0, 0.05) is 0 Å². The van der Waals surface area contributed by atoms with E-state index in [0.717, 1.165) is 10.0 Å². The molecule has 1 aromatic carbocycles. The molecule has 0 aliphatic carbocycles. The predicted molar refractivity (Wildman–Crippen MR) is 79.4 cm³/mol. The third-order valence-corrected chi connectivity index (χ3v) is 2.93. The number of aromatic nitrogens is 3. The molecule has 2 aromatic rings. The van der Waals surface area contributed by atoms with Crippen molar-refractivity contribution in [3.8, 4) is 11.5 Å². The van der Waals surface area contributed by atoms with E-state index in [2.05, 4.69) is 37.8 Å². The van der Waals surface area contributed by atoms with Gasteiger partial charge in [0.1, 0.15) is 19.3 Å². The second kappa shape index (κ2) is 6.85. The van der Waals surface area contributed by atoms with Gasteiger partial charge in [0.05, 0.1) is 17.8 Å². The average Bonchev–Trinajstić information content (AvgIpc) is 2.96. The van der Waals surface area contributed by atoms with E-state index in [4.69, 9.17) is 9.47 Å². The summed E-state index contributed by atoms with van der Waals surface area (Å²) < 4.78 is 13.2. The first-order chi connectivity index (χ1) is 9.74. The summed E-state index contributed by atoms with van der Waals surface area (Å²) in [6.07, 6.45) is 6.36. The van der Waals surface area contributed by atoms with E-state index >= 15 is 0 Å². The van der Waals surface area contributed by atoms with Gasteiger partial charge in [-0.05, 0) is 33.6 Å². The van der Waals surface area contributed by atoms with Gasteiger partial charge in [-0.2, -0.15) is 5.10 Å². The van der Waals surface area contributed by atoms with Crippen LogP contribution in [0, 0.1) is 0 Å². The zero-order chi connectivity index (χ0) is 14.4. The van der Waals surface area contributed by atoms with E-state index in [1.54, 1.807) is 19.4 Å². The molecule has 0 atom stereocenters. The summed E-state index contributed by atoms with van der Waals surface area (Å²) in [5.74, 6) is 1.25. The minimum atomic E-state index is 0.406. The van der Waals surface area contributed by atoms with Gasteiger partial charge in [0.25, 0.3) is 0 Å². The summed E-state index contributed by atoms with van der Waals surface area (Å²) in [7, 11) is 1.59. The highest BCUT2D eigenvalue weighted by Crippen LogP contribution is 2.36. The van der Waals surface area contributed by atoms with Crippen molar-refractivity contribution in [1.29, 1.82) is 0 Å². The van der Waals surface area contributed by atoms with Crippen LogP contribution in [0.1, 0.15) is 5.56 Å². The molecular formula is C13H13BrN4O2. The first-order valence-electron chi connectivity index (χ1n) is 5.75. The summed E-state index contributed by atoms with van der Waals surface area (Å²) >= 11 is 3.46. The number of methoxy groups -OCH3 is 1. The maximum Gasteiger partial charge on any atom is 0.175 e. The zero-order valence-electron chi connectivity index (χ0n) is 10.9. The Morgan fingerprint density at radius 2 is 2.15 bits per heavy atom. The van der Waals surface area contributed by atoms with Gasteiger partial charge in [-0.25, -0.2) is 4.68 Å². The topological polar surface area (TPSA) is 61.5 Å². The van der Waals surface area contributed by atoms with E-state index in [9.17, 15) is 0 Å². The molecule has 0 saturated carbocycles. The molecule has 1 aromatic heterocycles. The molecule has 20 heavy (non-hydrogen) atoms. The molecule has 7 heteroatoms. The second-order valence-electron chi connectivity index (χ2n) is 3.72. The van der Waals surface area contributed by atoms with Gasteiger partial charge < -0.3 is 9.47 Å². The lowest BCUT2D eigenvalue weighted by atomic mass is 10.2. The molecule has 0 spiro atoms. The van der Waals surface area contributed by atoms with Crippen molar-refractivity contribution in [2.75, 3.05) is 13.7 Å². The van der Waals surface area contributed by atoms with Crippen LogP contribution < -0.4 is 9.47 Å². The summed E-state index contributed by atoms with van der Waals surface area (Å²) in [5.41, 5.74) is 0.855. The van der Waals surface area contributed by atoms with E-state index in [0.29, 0.717) is 18.1 Å². The SMILES string of the molecule is C=CCOc1c(Br)cc(/C=N/n2cnnc2)cc1OC. The molecule has 0 fully saturated rings. The lowest BCUT2D eigenvalue weighted by molar-refractivity contribution is 0.324. The Kier molecular flexibility index (Phi) is 4.89. The quantitative estimate of drug-likeness (QED) is 0.600. The Bertz CT molecular complexity index is 611. The number of nitrogens with zero attached hydrogens (tertiary/aromatic N) is 4. The normalized spacial score (nSPS) is 10.7. The molecule has 0 amide bonds. The molecule has 0 aliphatic heterocycles. The standard InChI is InChI=1S/C13H13BrN4O2/c1-3-4-20-13-11(14)5-10(6-12(13)19-2)7-17-18-8-15-16-9-18/h3,5-9H,1,4H2,2H3/b17-7+. The Labute approximate surface area is 124 Å². The predicted octanol–water partition coefficient (Wildman–Crippen LogP) is 2.50. The van der Waals surface area contributed by atoms with Crippen LogP contribution >= 0.6 is 15.9 Å². The van der Waals surface area contributed by atoms with E-state index in [-0.39, 0.29) is 0 Å². The summed E-state index contributed by atoms with van der Waals surface area (Å²) in [6.45, 7) is 4.03. The number of hydrogen-bond acceptors (Lipinski definition) is 5. The van der Waals surface area contributed by atoms with Gasteiger partial charge in [-0.15, -0.1) is 10.2 Å². The van der Waals surface area contributed by atoms with Crippen LogP contribution in [-0.4, -0.2) is 34.8 Å². The summed E-state index contributed by atoms with van der Waals surface area (Å²) in [6, 6.07) is 3.71. The van der Waals surface area contributed by atoms with E-state index in [1.165, 1.54) is 17.3 Å².